The fourth-order valence-electron chi connectivity index (χ4n) is 5.71. The maximum absolute atomic E-state index is 13.3. The van der Waals surface area contributed by atoms with Gasteiger partial charge in [-0.1, -0.05) is 26.0 Å². The second kappa shape index (κ2) is 13.7. The largest absolute Gasteiger partial charge is 0.347 e. The van der Waals surface area contributed by atoms with Gasteiger partial charge in [0, 0.05) is 42.4 Å². The number of nitrogens with one attached hydrogen (secondary N) is 3. The van der Waals surface area contributed by atoms with Crippen LogP contribution in [-0.2, 0) is 19.6 Å². The summed E-state index contributed by atoms with van der Waals surface area (Å²) in [5.41, 5.74) is 2.23. The number of carbonyl (C=O) groups excluding carboxylic acids is 1. The van der Waals surface area contributed by atoms with Gasteiger partial charge in [-0.25, -0.2) is 9.97 Å². The van der Waals surface area contributed by atoms with E-state index in [1.54, 1.807) is 29.7 Å². The molecule has 0 spiro atoms. The van der Waals surface area contributed by atoms with Crippen LogP contribution in [-0.4, -0.2) is 60.8 Å². The SMILES string of the molecule is CCCN(CCC)C1(C)CCC(CNCc2ccc(C(=O)N(Cc3ncc[nH]3)Cc3ncc[nH]3)cc2)CC1. The Labute approximate surface area is 227 Å². The molecule has 1 aliphatic carbocycles. The zero-order valence-corrected chi connectivity index (χ0v) is 23.4. The van der Waals surface area contributed by atoms with Gasteiger partial charge in [-0.3, -0.25) is 9.69 Å². The van der Waals surface area contributed by atoms with Crippen LogP contribution in [0.4, 0.5) is 0 Å². The van der Waals surface area contributed by atoms with Crippen molar-refractivity contribution in [3.63, 3.8) is 0 Å². The second-order valence-corrected chi connectivity index (χ2v) is 11.0. The van der Waals surface area contributed by atoms with Crippen molar-refractivity contribution in [2.24, 2.45) is 5.92 Å². The predicted molar refractivity (Wildman–Crippen MR) is 151 cm³/mol. The molecule has 1 aromatic carbocycles. The maximum Gasteiger partial charge on any atom is 0.254 e. The monoisotopic (exact) mass is 519 g/mol. The lowest BCUT2D eigenvalue weighted by Crippen LogP contribution is -2.50. The van der Waals surface area contributed by atoms with E-state index in [0.717, 1.165) is 30.7 Å². The Bertz CT molecular complexity index is 1030. The van der Waals surface area contributed by atoms with Gasteiger partial charge in [0.05, 0.1) is 13.1 Å². The van der Waals surface area contributed by atoms with Crippen molar-refractivity contribution >= 4 is 5.91 Å². The van der Waals surface area contributed by atoms with Crippen LogP contribution in [0.25, 0.3) is 0 Å². The molecule has 8 nitrogen and oxygen atoms in total. The van der Waals surface area contributed by atoms with Crippen LogP contribution >= 0.6 is 0 Å². The lowest BCUT2D eigenvalue weighted by Gasteiger charge is -2.46. The van der Waals surface area contributed by atoms with Crippen LogP contribution in [0.15, 0.2) is 49.1 Å². The van der Waals surface area contributed by atoms with Gasteiger partial charge in [-0.05, 0) is 88.7 Å². The topological polar surface area (TPSA) is 92.9 Å². The minimum absolute atomic E-state index is 0.0391. The van der Waals surface area contributed by atoms with Crippen molar-refractivity contribution in [1.29, 1.82) is 0 Å². The second-order valence-electron chi connectivity index (χ2n) is 11.0. The van der Waals surface area contributed by atoms with E-state index in [9.17, 15) is 4.79 Å². The van der Waals surface area contributed by atoms with E-state index in [4.69, 9.17) is 0 Å². The molecule has 3 aromatic rings. The molecule has 0 saturated heterocycles. The summed E-state index contributed by atoms with van der Waals surface area (Å²) in [5.74, 6) is 2.20. The Kier molecular flexibility index (Phi) is 10.1. The quantitative estimate of drug-likeness (QED) is 0.274. The molecule has 8 heteroatoms. The summed E-state index contributed by atoms with van der Waals surface area (Å²) in [6.45, 7) is 12.2. The smallest absolute Gasteiger partial charge is 0.254 e. The van der Waals surface area contributed by atoms with Gasteiger partial charge in [0.1, 0.15) is 11.6 Å². The number of amides is 1. The Morgan fingerprint density at radius 3 is 2.05 bits per heavy atom. The first kappa shape index (κ1) is 28.0. The van der Waals surface area contributed by atoms with Crippen LogP contribution in [0, 0.1) is 5.92 Å². The van der Waals surface area contributed by atoms with Gasteiger partial charge in [-0.15, -0.1) is 0 Å². The van der Waals surface area contributed by atoms with Crippen molar-refractivity contribution < 1.29 is 4.79 Å². The third-order valence-corrected chi connectivity index (χ3v) is 7.97. The third-order valence-electron chi connectivity index (χ3n) is 7.97. The van der Waals surface area contributed by atoms with E-state index in [-0.39, 0.29) is 5.91 Å². The predicted octanol–water partition coefficient (Wildman–Crippen LogP) is 5.14. The summed E-state index contributed by atoms with van der Waals surface area (Å²) in [7, 11) is 0. The van der Waals surface area contributed by atoms with Crippen LogP contribution in [0.5, 0.6) is 0 Å². The number of rotatable bonds is 14. The molecule has 0 radical (unpaired) electrons. The molecule has 0 aliphatic heterocycles. The average Bonchev–Trinajstić information content (AvgIpc) is 3.64. The number of nitrogens with zero attached hydrogens (tertiary/aromatic N) is 4. The number of aromatic amines is 2. The zero-order chi connectivity index (χ0) is 26.8. The van der Waals surface area contributed by atoms with Crippen LogP contribution < -0.4 is 5.32 Å². The first-order valence-corrected chi connectivity index (χ1v) is 14.3. The summed E-state index contributed by atoms with van der Waals surface area (Å²) in [4.78, 5) is 32.6. The molecule has 1 saturated carbocycles. The number of benzene rings is 1. The summed E-state index contributed by atoms with van der Waals surface area (Å²) >= 11 is 0. The molecular formula is C30H45N7O. The van der Waals surface area contributed by atoms with E-state index < -0.39 is 0 Å². The lowest BCUT2D eigenvalue weighted by molar-refractivity contribution is 0.0503. The van der Waals surface area contributed by atoms with E-state index in [1.807, 2.05) is 12.1 Å². The fraction of sp³-hybridized carbons (Fsp3) is 0.567. The van der Waals surface area contributed by atoms with Crippen molar-refractivity contribution in [1.82, 2.24) is 35.1 Å². The van der Waals surface area contributed by atoms with Gasteiger partial charge in [0.2, 0.25) is 0 Å². The Hall–Kier alpha value is -2.97. The summed E-state index contributed by atoms with van der Waals surface area (Å²) in [6, 6.07) is 7.98. The number of H-pyrrole nitrogens is 2. The molecule has 206 valence electrons. The highest BCUT2D eigenvalue weighted by atomic mass is 16.2. The first-order chi connectivity index (χ1) is 18.5. The molecule has 0 bridgehead atoms. The molecule has 4 rings (SSSR count). The summed E-state index contributed by atoms with van der Waals surface area (Å²) in [5, 5.41) is 3.68. The molecule has 1 aliphatic rings. The first-order valence-electron chi connectivity index (χ1n) is 14.3. The van der Waals surface area contributed by atoms with Crippen LogP contribution in [0.1, 0.15) is 86.9 Å². The number of hydrogen-bond acceptors (Lipinski definition) is 5. The van der Waals surface area contributed by atoms with Crippen molar-refractivity contribution in [2.75, 3.05) is 19.6 Å². The van der Waals surface area contributed by atoms with Gasteiger partial charge < -0.3 is 20.2 Å². The molecular weight excluding hydrogens is 474 g/mol. The third kappa shape index (κ3) is 7.54. The average molecular weight is 520 g/mol. The van der Waals surface area contributed by atoms with Crippen molar-refractivity contribution in [2.45, 2.75) is 84.5 Å². The van der Waals surface area contributed by atoms with Crippen LogP contribution in [0.2, 0.25) is 0 Å². The minimum Gasteiger partial charge on any atom is -0.347 e. The normalized spacial score (nSPS) is 19.6. The van der Waals surface area contributed by atoms with Gasteiger partial charge in [0.15, 0.2) is 0 Å². The number of hydrogen-bond donors (Lipinski definition) is 3. The van der Waals surface area contributed by atoms with Gasteiger partial charge in [-0.2, -0.15) is 0 Å². The Morgan fingerprint density at radius 1 is 0.974 bits per heavy atom. The minimum atomic E-state index is -0.0391. The highest BCUT2D eigenvalue weighted by Gasteiger charge is 2.35. The van der Waals surface area contributed by atoms with E-state index in [1.165, 1.54) is 57.2 Å². The Balaban J connectivity index is 1.26. The molecule has 1 fully saturated rings. The molecule has 1 amide bonds. The van der Waals surface area contributed by atoms with E-state index in [2.05, 4.69) is 63.1 Å². The molecule has 2 heterocycles. The molecule has 0 unspecified atom stereocenters. The van der Waals surface area contributed by atoms with Gasteiger partial charge >= 0.3 is 0 Å². The number of aromatic nitrogens is 4. The molecule has 38 heavy (non-hydrogen) atoms. The molecule has 2 aromatic heterocycles. The standard InChI is InChI=1S/C30H45N7O/c1-4-18-37(19-5-2)30(3)12-10-25(11-13-30)21-31-20-24-6-8-26(9-7-24)29(38)36(22-27-32-14-15-33-27)23-28-34-16-17-35-28/h6-9,14-17,25,31H,4-5,10-13,18-23H2,1-3H3,(H,32,33)(H,34,35). The van der Waals surface area contributed by atoms with Crippen LogP contribution in [0.3, 0.4) is 0 Å². The van der Waals surface area contributed by atoms with Crippen molar-refractivity contribution in [3.8, 4) is 0 Å². The van der Waals surface area contributed by atoms with E-state index in [0.29, 0.717) is 24.2 Å². The Morgan fingerprint density at radius 2 is 1.55 bits per heavy atom. The summed E-state index contributed by atoms with van der Waals surface area (Å²) in [6.07, 6.45) is 14.6. The zero-order valence-electron chi connectivity index (χ0n) is 23.4. The summed E-state index contributed by atoms with van der Waals surface area (Å²) < 4.78 is 0. The fourth-order valence-corrected chi connectivity index (χ4v) is 5.71. The number of imidazole rings is 2. The maximum atomic E-state index is 13.3. The van der Waals surface area contributed by atoms with E-state index >= 15 is 0 Å². The number of carbonyl (C=O) groups is 1. The van der Waals surface area contributed by atoms with Crippen molar-refractivity contribution in [3.05, 3.63) is 71.8 Å². The molecule has 0 atom stereocenters. The highest BCUT2D eigenvalue weighted by Crippen LogP contribution is 2.36. The highest BCUT2D eigenvalue weighted by molar-refractivity contribution is 5.94. The molecule has 3 N–H and O–H groups in total. The van der Waals surface area contributed by atoms with Gasteiger partial charge in [0.25, 0.3) is 5.91 Å². The lowest BCUT2D eigenvalue weighted by atomic mass is 9.76.